The molecular formula is C5H10O3. The van der Waals surface area contributed by atoms with Crippen molar-refractivity contribution in [3.63, 3.8) is 0 Å². The lowest BCUT2D eigenvalue weighted by atomic mass is 10.2. The topological polar surface area (TPSA) is 49.7 Å². The number of ether oxygens (including phenoxy) is 1. The van der Waals surface area contributed by atoms with E-state index in [2.05, 4.69) is 0 Å². The molecule has 1 fully saturated rings. The van der Waals surface area contributed by atoms with E-state index in [1.165, 1.54) is 0 Å². The molecule has 8 heavy (non-hydrogen) atoms. The Labute approximate surface area is 47.9 Å². The first-order chi connectivity index (χ1) is 3.72. The normalized spacial score (nSPS) is 47.6. The number of rotatable bonds is 0. The van der Waals surface area contributed by atoms with Gasteiger partial charge in [0.15, 0.2) is 0 Å². The lowest BCUT2D eigenvalue weighted by Gasteiger charge is -2.07. The summed E-state index contributed by atoms with van der Waals surface area (Å²) >= 11 is 0. The molecule has 0 aromatic rings. The van der Waals surface area contributed by atoms with Crippen LogP contribution < -0.4 is 0 Å². The summed E-state index contributed by atoms with van der Waals surface area (Å²) in [5.74, 6) is 0. The summed E-state index contributed by atoms with van der Waals surface area (Å²) in [5.41, 5.74) is 0. The number of hydrogen-bond acceptors (Lipinski definition) is 3. The van der Waals surface area contributed by atoms with Crippen LogP contribution in [-0.4, -0.2) is 35.1 Å². The SMILES string of the molecule is C[C@H]1OC[C@H](O)[C@@H]1O. The van der Waals surface area contributed by atoms with Gasteiger partial charge in [0.05, 0.1) is 12.7 Å². The van der Waals surface area contributed by atoms with Crippen LogP contribution in [-0.2, 0) is 4.74 Å². The maximum atomic E-state index is 8.89. The maximum Gasteiger partial charge on any atom is 0.108 e. The Morgan fingerprint density at radius 1 is 1.50 bits per heavy atom. The summed E-state index contributed by atoms with van der Waals surface area (Å²) in [5, 5.41) is 17.7. The van der Waals surface area contributed by atoms with Crippen LogP contribution in [0.3, 0.4) is 0 Å². The van der Waals surface area contributed by atoms with E-state index in [4.69, 9.17) is 14.9 Å². The molecule has 1 aliphatic heterocycles. The van der Waals surface area contributed by atoms with Gasteiger partial charge < -0.3 is 14.9 Å². The van der Waals surface area contributed by atoms with E-state index >= 15 is 0 Å². The molecule has 0 aromatic heterocycles. The molecule has 1 heterocycles. The number of aliphatic hydroxyl groups excluding tert-OH is 2. The van der Waals surface area contributed by atoms with Gasteiger partial charge >= 0.3 is 0 Å². The van der Waals surface area contributed by atoms with Crippen LogP contribution in [0.1, 0.15) is 6.92 Å². The third-order valence-corrected chi connectivity index (χ3v) is 1.41. The highest BCUT2D eigenvalue weighted by molar-refractivity contribution is 4.79. The van der Waals surface area contributed by atoms with E-state index in [1.54, 1.807) is 6.92 Å². The third-order valence-electron chi connectivity index (χ3n) is 1.41. The molecule has 0 unspecified atom stereocenters. The van der Waals surface area contributed by atoms with Crippen molar-refractivity contribution in [3.8, 4) is 0 Å². The summed E-state index contributed by atoms with van der Waals surface area (Å²) in [6, 6.07) is 0. The molecule has 0 aromatic carbocycles. The Kier molecular flexibility index (Phi) is 1.51. The van der Waals surface area contributed by atoms with Crippen molar-refractivity contribution in [1.29, 1.82) is 0 Å². The lowest BCUT2D eigenvalue weighted by Crippen LogP contribution is -2.27. The molecule has 1 aliphatic rings. The van der Waals surface area contributed by atoms with Gasteiger partial charge in [-0.15, -0.1) is 0 Å². The van der Waals surface area contributed by atoms with Gasteiger partial charge in [-0.3, -0.25) is 0 Å². The molecule has 48 valence electrons. The number of hydrogen-bond donors (Lipinski definition) is 2. The second-order valence-corrected chi connectivity index (χ2v) is 2.10. The van der Waals surface area contributed by atoms with Crippen molar-refractivity contribution in [2.24, 2.45) is 0 Å². The average Bonchev–Trinajstić information content (AvgIpc) is 1.98. The fourth-order valence-electron chi connectivity index (χ4n) is 0.760. The first kappa shape index (κ1) is 6.01. The first-order valence-electron chi connectivity index (χ1n) is 2.69. The largest absolute Gasteiger partial charge is 0.388 e. The van der Waals surface area contributed by atoms with Gasteiger partial charge in [0.2, 0.25) is 0 Å². The Morgan fingerprint density at radius 2 is 2.12 bits per heavy atom. The second-order valence-electron chi connectivity index (χ2n) is 2.10. The summed E-state index contributed by atoms with van der Waals surface area (Å²) < 4.78 is 4.88. The van der Waals surface area contributed by atoms with Crippen LogP contribution in [0.15, 0.2) is 0 Å². The summed E-state index contributed by atoms with van der Waals surface area (Å²) in [4.78, 5) is 0. The molecule has 3 nitrogen and oxygen atoms in total. The van der Waals surface area contributed by atoms with Crippen LogP contribution in [0.25, 0.3) is 0 Å². The van der Waals surface area contributed by atoms with Crippen LogP contribution in [0.2, 0.25) is 0 Å². The van der Waals surface area contributed by atoms with Crippen LogP contribution in [0.5, 0.6) is 0 Å². The minimum absolute atomic E-state index is 0.204. The van der Waals surface area contributed by atoms with Gasteiger partial charge in [-0.25, -0.2) is 0 Å². The zero-order valence-electron chi connectivity index (χ0n) is 4.74. The molecule has 0 saturated carbocycles. The van der Waals surface area contributed by atoms with Gasteiger partial charge in [-0.1, -0.05) is 0 Å². The summed E-state index contributed by atoms with van der Waals surface area (Å²) in [6.07, 6.45) is -1.56. The third kappa shape index (κ3) is 0.844. The molecule has 1 saturated heterocycles. The highest BCUT2D eigenvalue weighted by Crippen LogP contribution is 2.12. The van der Waals surface area contributed by atoms with Crippen LogP contribution in [0.4, 0.5) is 0 Å². The lowest BCUT2D eigenvalue weighted by molar-refractivity contribution is 0.0318. The fraction of sp³-hybridized carbons (Fsp3) is 1.00. The van der Waals surface area contributed by atoms with E-state index in [9.17, 15) is 0 Å². The first-order valence-corrected chi connectivity index (χ1v) is 2.69. The Bertz CT molecular complexity index is 73.7. The predicted molar refractivity (Wildman–Crippen MR) is 27.4 cm³/mol. The molecule has 0 amide bonds. The number of aliphatic hydroxyl groups is 2. The standard InChI is InChI=1S/C5H10O3/c1-3-5(7)4(6)2-8-3/h3-7H,2H2,1H3/t3-,4+,5-/m1/s1. The Hall–Kier alpha value is -0.120. The van der Waals surface area contributed by atoms with E-state index in [0.29, 0.717) is 0 Å². The van der Waals surface area contributed by atoms with Crippen molar-refractivity contribution < 1.29 is 14.9 Å². The Balaban J connectivity index is 2.44. The van der Waals surface area contributed by atoms with Gasteiger partial charge in [0.25, 0.3) is 0 Å². The van der Waals surface area contributed by atoms with E-state index in [0.717, 1.165) is 0 Å². The zero-order valence-corrected chi connectivity index (χ0v) is 4.74. The second kappa shape index (κ2) is 2.01. The molecule has 0 spiro atoms. The predicted octanol–water partition coefficient (Wildman–Crippen LogP) is -0.873. The van der Waals surface area contributed by atoms with Crippen LogP contribution >= 0.6 is 0 Å². The van der Waals surface area contributed by atoms with Crippen molar-refractivity contribution >= 4 is 0 Å². The molecule has 0 radical (unpaired) electrons. The smallest absolute Gasteiger partial charge is 0.108 e. The fourth-order valence-corrected chi connectivity index (χ4v) is 0.760. The molecule has 2 N–H and O–H groups in total. The van der Waals surface area contributed by atoms with Crippen molar-refractivity contribution in [2.45, 2.75) is 25.2 Å². The van der Waals surface area contributed by atoms with Crippen molar-refractivity contribution in [2.75, 3.05) is 6.61 Å². The summed E-state index contributed by atoms with van der Waals surface area (Å²) in [6.45, 7) is 2.00. The molecule has 1 rings (SSSR count). The molecule has 0 bridgehead atoms. The molecule has 3 atom stereocenters. The van der Waals surface area contributed by atoms with E-state index < -0.39 is 12.2 Å². The zero-order chi connectivity index (χ0) is 6.15. The highest BCUT2D eigenvalue weighted by atomic mass is 16.5. The van der Waals surface area contributed by atoms with Gasteiger partial charge in [0.1, 0.15) is 12.2 Å². The van der Waals surface area contributed by atoms with Gasteiger partial charge in [0, 0.05) is 0 Å². The van der Waals surface area contributed by atoms with Gasteiger partial charge in [-0.2, -0.15) is 0 Å². The van der Waals surface area contributed by atoms with Crippen molar-refractivity contribution in [3.05, 3.63) is 0 Å². The van der Waals surface area contributed by atoms with Gasteiger partial charge in [-0.05, 0) is 6.92 Å². The average molecular weight is 118 g/mol. The minimum Gasteiger partial charge on any atom is -0.388 e. The molecule has 0 aliphatic carbocycles. The van der Waals surface area contributed by atoms with E-state index in [1.807, 2.05) is 0 Å². The highest BCUT2D eigenvalue weighted by Gasteiger charge is 2.30. The van der Waals surface area contributed by atoms with Crippen molar-refractivity contribution in [1.82, 2.24) is 0 Å². The maximum absolute atomic E-state index is 8.89. The quantitative estimate of drug-likeness (QED) is 0.434. The monoisotopic (exact) mass is 118 g/mol. The van der Waals surface area contributed by atoms with E-state index in [-0.39, 0.29) is 12.7 Å². The molecular weight excluding hydrogens is 108 g/mol. The van der Waals surface area contributed by atoms with Crippen LogP contribution in [0, 0.1) is 0 Å². The molecule has 3 heteroatoms. The Morgan fingerprint density at radius 3 is 2.25 bits per heavy atom. The minimum atomic E-state index is -0.685. The summed E-state index contributed by atoms with van der Waals surface area (Å²) in [7, 11) is 0.